The van der Waals surface area contributed by atoms with Crippen LogP contribution in [0.15, 0.2) is 60.7 Å². The van der Waals surface area contributed by atoms with E-state index in [4.69, 9.17) is 0 Å². The van der Waals surface area contributed by atoms with Gasteiger partial charge < -0.3 is 5.32 Å². The van der Waals surface area contributed by atoms with E-state index in [0.29, 0.717) is 17.9 Å². The summed E-state index contributed by atoms with van der Waals surface area (Å²) < 4.78 is 0. The lowest BCUT2D eigenvalue weighted by molar-refractivity contribution is -0.116. The fourth-order valence-electron chi connectivity index (χ4n) is 2.17. The molecule has 0 aliphatic rings. The van der Waals surface area contributed by atoms with E-state index in [9.17, 15) is 9.59 Å². The molecule has 0 atom stereocenters. The summed E-state index contributed by atoms with van der Waals surface area (Å²) in [4.78, 5) is 23.8. The Hall–Kier alpha value is -2.68. The van der Waals surface area contributed by atoms with E-state index in [2.05, 4.69) is 5.32 Å². The molecule has 2 rings (SSSR count). The number of anilines is 1. The summed E-state index contributed by atoms with van der Waals surface area (Å²) >= 11 is 0. The van der Waals surface area contributed by atoms with Gasteiger partial charge in [-0.05, 0) is 29.7 Å². The highest BCUT2D eigenvalue weighted by Gasteiger charge is 2.05. The Morgan fingerprint density at radius 1 is 1.04 bits per heavy atom. The van der Waals surface area contributed by atoms with E-state index in [1.54, 1.807) is 24.3 Å². The molecule has 2 aromatic rings. The minimum atomic E-state index is -0.0418. The molecule has 0 saturated heterocycles. The second-order valence-electron chi connectivity index (χ2n) is 5.84. The molecule has 118 valence electrons. The third kappa shape index (κ3) is 5.55. The van der Waals surface area contributed by atoms with E-state index >= 15 is 0 Å². The molecule has 0 radical (unpaired) electrons. The average molecular weight is 307 g/mol. The van der Waals surface area contributed by atoms with Crippen LogP contribution in [0.3, 0.4) is 0 Å². The van der Waals surface area contributed by atoms with E-state index in [1.165, 1.54) is 0 Å². The molecule has 0 spiro atoms. The van der Waals surface area contributed by atoms with Gasteiger partial charge in [0.05, 0.1) is 0 Å². The quantitative estimate of drug-likeness (QED) is 0.628. The van der Waals surface area contributed by atoms with Crippen LogP contribution in [0.5, 0.6) is 0 Å². The van der Waals surface area contributed by atoms with Crippen LogP contribution in [0.4, 0.5) is 5.69 Å². The number of rotatable bonds is 6. The molecule has 0 aromatic heterocycles. The summed E-state index contributed by atoms with van der Waals surface area (Å²) in [6, 6.07) is 16.6. The molecule has 1 amide bonds. The number of hydrogen-bond donors (Lipinski definition) is 1. The number of carbonyl (C=O) groups excluding carboxylic acids is 2. The SMILES string of the molecule is CC(C)CC(=O)Nc1cccc(C=CC(=O)c2ccccc2)c1. The first-order valence-corrected chi connectivity index (χ1v) is 7.72. The lowest BCUT2D eigenvalue weighted by Crippen LogP contribution is -2.13. The molecule has 3 heteroatoms. The smallest absolute Gasteiger partial charge is 0.224 e. The van der Waals surface area contributed by atoms with Gasteiger partial charge in [-0.3, -0.25) is 9.59 Å². The molecule has 2 aromatic carbocycles. The zero-order valence-corrected chi connectivity index (χ0v) is 13.5. The maximum atomic E-state index is 12.0. The molecule has 0 aliphatic heterocycles. The predicted molar refractivity (Wildman–Crippen MR) is 94.3 cm³/mol. The number of ketones is 1. The summed E-state index contributed by atoms with van der Waals surface area (Å²) in [5, 5.41) is 2.88. The maximum absolute atomic E-state index is 12.0. The van der Waals surface area contributed by atoms with Gasteiger partial charge in [-0.2, -0.15) is 0 Å². The molecular formula is C20H21NO2. The molecule has 0 aliphatic carbocycles. The van der Waals surface area contributed by atoms with Crippen LogP contribution in [0.1, 0.15) is 36.2 Å². The van der Waals surface area contributed by atoms with Gasteiger partial charge in [0.2, 0.25) is 5.91 Å². The Balaban J connectivity index is 2.04. The Morgan fingerprint density at radius 2 is 1.78 bits per heavy atom. The van der Waals surface area contributed by atoms with E-state index in [1.807, 2.05) is 56.3 Å². The lowest BCUT2D eigenvalue weighted by Gasteiger charge is -2.07. The summed E-state index contributed by atoms with van der Waals surface area (Å²) in [6.07, 6.45) is 3.80. The Bertz CT molecular complexity index is 703. The van der Waals surface area contributed by atoms with Crippen LogP contribution in [0.2, 0.25) is 0 Å². The van der Waals surface area contributed by atoms with Crippen molar-refractivity contribution >= 4 is 23.5 Å². The summed E-state index contributed by atoms with van der Waals surface area (Å²) in [7, 11) is 0. The van der Waals surface area contributed by atoms with Gasteiger partial charge in [0.1, 0.15) is 0 Å². The highest BCUT2D eigenvalue weighted by Crippen LogP contribution is 2.14. The number of benzene rings is 2. The molecule has 0 heterocycles. The van der Waals surface area contributed by atoms with Crippen LogP contribution in [0.25, 0.3) is 6.08 Å². The molecule has 1 N–H and O–H groups in total. The molecule has 0 bridgehead atoms. The van der Waals surface area contributed by atoms with Gasteiger partial charge in [-0.25, -0.2) is 0 Å². The zero-order valence-electron chi connectivity index (χ0n) is 13.5. The van der Waals surface area contributed by atoms with Crippen LogP contribution in [0, 0.1) is 5.92 Å². The van der Waals surface area contributed by atoms with Crippen molar-refractivity contribution in [1.29, 1.82) is 0 Å². The monoisotopic (exact) mass is 307 g/mol. The van der Waals surface area contributed by atoms with Crippen molar-refractivity contribution in [3.63, 3.8) is 0 Å². The van der Waals surface area contributed by atoms with E-state index in [0.717, 1.165) is 11.3 Å². The summed E-state index contributed by atoms with van der Waals surface area (Å²) in [5.74, 6) is 0.280. The highest BCUT2D eigenvalue weighted by molar-refractivity contribution is 6.06. The first-order valence-electron chi connectivity index (χ1n) is 7.72. The minimum absolute atomic E-state index is 0.00138. The van der Waals surface area contributed by atoms with Crippen LogP contribution in [-0.2, 0) is 4.79 Å². The summed E-state index contributed by atoms with van der Waals surface area (Å²) in [5.41, 5.74) is 2.27. The van der Waals surface area contributed by atoms with Crippen LogP contribution < -0.4 is 5.32 Å². The molecule has 0 saturated carbocycles. The number of hydrogen-bond acceptors (Lipinski definition) is 2. The average Bonchev–Trinajstić information content (AvgIpc) is 2.53. The number of nitrogens with one attached hydrogen (secondary N) is 1. The first kappa shape index (κ1) is 16.7. The van der Waals surface area contributed by atoms with E-state index < -0.39 is 0 Å². The fraction of sp³-hybridized carbons (Fsp3) is 0.200. The van der Waals surface area contributed by atoms with Crippen molar-refractivity contribution in [2.75, 3.05) is 5.32 Å². The van der Waals surface area contributed by atoms with Crippen molar-refractivity contribution in [2.45, 2.75) is 20.3 Å². The maximum Gasteiger partial charge on any atom is 0.224 e. The second-order valence-corrected chi connectivity index (χ2v) is 5.84. The van der Waals surface area contributed by atoms with Gasteiger partial charge in [0.15, 0.2) is 5.78 Å². The predicted octanol–water partition coefficient (Wildman–Crippen LogP) is 4.57. The Morgan fingerprint density at radius 3 is 2.48 bits per heavy atom. The van der Waals surface area contributed by atoms with Gasteiger partial charge in [-0.15, -0.1) is 0 Å². The molecule has 0 unspecified atom stereocenters. The number of carbonyl (C=O) groups is 2. The molecule has 0 fully saturated rings. The fourth-order valence-corrected chi connectivity index (χ4v) is 2.17. The zero-order chi connectivity index (χ0) is 16.7. The van der Waals surface area contributed by atoms with Crippen molar-refractivity contribution in [3.05, 3.63) is 71.8 Å². The third-order valence-electron chi connectivity index (χ3n) is 3.25. The molecule has 3 nitrogen and oxygen atoms in total. The Labute approximate surface area is 137 Å². The standard InChI is InChI=1S/C20H21NO2/c1-15(2)13-20(23)21-18-10-6-7-16(14-18)11-12-19(22)17-8-4-3-5-9-17/h3-12,14-15H,13H2,1-2H3,(H,21,23). The topological polar surface area (TPSA) is 46.2 Å². The van der Waals surface area contributed by atoms with Gasteiger partial charge >= 0.3 is 0 Å². The summed E-state index contributed by atoms with van der Waals surface area (Å²) in [6.45, 7) is 4.02. The first-order chi connectivity index (χ1) is 11.0. The minimum Gasteiger partial charge on any atom is -0.326 e. The lowest BCUT2D eigenvalue weighted by atomic mass is 10.1. The third-order valence-corrected chi connectivity index (χ3v) is 3.25. The van der Waals surface area contributed by atoms with Crippen molar-refractivity contribution in [3.8, 4) is 0 Å². The van der Waals surface area contributed by atoms with Crippen LogP contribution >= 0.6 is 0 Å². The largest absolute Gasteiger partial charge is 0.326 e. The van der Waals surface area contributed by atoms with Crippen molar-refractivity contribution in [2.24, 2.45) is 5.92 Å². The number of amides is 1. The second kappa shape index (κ2) is 8.08. The van der Waals surface area contributed by atoms with Gasteiger partial charge in [-0.1, -0.05) is 62.4 Å². The Kier molecular flexibility index (Phi) is 5.87. The van der Waals surface area contributed by atoms with Crippen LogP contribution in [-0.4, -0.2) is 11.7 Å². The normalized spacial score (nSPS) is 10.9. The number of allylic oxidation sites excluding steroid dienone is 1. The van der Waals surface area contributed by atoms with Gasteiger partial charge in [0, 0.05) is 17.7 Å². The molecule has 23 heavy (non-hydrogen) atoms. The van der Waals surface area contributed by atoms with Crippen molar-refractivity contribution in [1.82, 2.24) is 0 Å². The van der Waals surface area contributed by atoms with Gasteiger partial charge in [0.25, 0.3) is 0 Å². The van der Waals surface area contributed by atoms with Crippen molar-refractivity contribution < 1.29 is 9.59 Å². The van der Waals surface area contributed by atoms with E-state index in [-0.39, 0.29) is 11.7 Å². The highest BCUT2D eigenvalue weighted by atomic mass is 16.1. The molecular weight excluding hydrogens is 286 g/mol.